The number of aromatic nitrogens is 1. The minimum Gasteiger partial charge on any atom is -0.497 e. The van der Waals surface area contributed by atoms with Crippen molar-refractivity contribution in [1.29, 1.82) is 0 Å². The second-order valence-electron chi connectivity index (χ2n) is 6.64. The Bertz CT molecular complexity index is 1150. The molecule has 0 aliphatic rings. The number of rotatable bonds is 8. The van der Waals surface area contributed by atoms with Crippen molar-refractivity contribution in [3.63, 3.8) is 0 Å². The number of amides is 3. The highest BCUT2D eigenvalue weighted by Gasteiger charge is 2.18. The molecule has 3 rings (SSSR count). The molecule has 1 heterocycles. The number of fused-ring (bicyclic) bond motifs is 1. The van der Waals surface area contributed by atoms with Crippen molar-refractivity contribution in [2.45, 2.75) is 13.0 Å². The highest BCUT2D eigenvalue weighted by molar-refractivity contribution is 5.96. The van der Waals surface area contributed by atoms with Crippen LogP contribution in [0.15, 0.2) is 58.8 Å². The van der Waals surface area contributed by atoms with E-state index < -0.39 is 11.8 Å². The van der Waals surface area contributed by atoms with Gasteiger partial charge in [0.05, 0.1) is 19.0 Å². The van der Waals surface area contributed by atoms with Crippen LogP contribution in [-0.2, 0) is 27.3 Å². The summed E-state index contributed by atoms with van der Waals surface area (Å²) in [6, 6.07) is 13.8. The van der Waals surface area contributed by atoms with E-state index in [0.717, 1.165) is 5.56 Å². The fourth-order valence-electron chi connectivity index (χ4n) is 2.99. The molecule has 2 aromatic carbocycles. The Hall–Kier alpha value is -4.21. The van der Waals surface area contributed by atoms with Crippen LogP contribution in [0.1, 0.15) is 5.56 Å². The number of para-hydroxylation sites is 1. The van der Waals surface area contributed by atoms with E-state index in [9.17, 15) is 19.5 Å². The molecule has 0 aliphatic heterocycles. The van der Waals surface area contributed by atoms with Gasteiger partial charge in [0.25, 0.3) is 5.91 Å². The number of carbonyl (C=O) groups is 3. The third-order valence-corrected chi connectivity index (χ3v) is 4.45. The zero-order valence-corrected chi connectivity index (χ0v) is 16.7. The Morgan fingerprint density at radius 2 is 1.84 bits per heavy atom. The summed E-state index contributed by atoms with van der Waals surface area (Å²) >= 11 is 0. The molecule has 31 heavy (non-hydrogen) atoms. The van der Waals surface area contributed by atoms with Crippen molar-refractivity contribution < 1.29 is 24.2 Å². The Balaban J connectivity index is 1.64. The van der Waals surface area contributed by atoms with E-state index in [1.54, 1.807) is 55.6 Å². The maximum absolute atomic E-state index is 12.0. The highest BCUT2D eigenvalue weighted by atomic mass is 16.5. The first-order chi connectivity index (χ1) is 14.9. The topological polar surface area (TPSA) is 148 Å². The third-order valence-electron chi connectivity index (χ3n) is 4.45. The molecule has 0 aliphatic carbocycles. The molecule has 0 bridgehead atoms. The normalized spacial score (nSPS) is 11.0. The lowest BCUT2D eigenvalue weighted by Crippen LogP contribution is -2.29. The zero-order valence-electron chi connectivity index (χ0n) is 16.7. The van der Waals surface area contributed by atoms with Crippen LogP contribution in [-0.4, -0.2) is 41.0 Å². The summed E-state index contributed by atoms with van der Waals surface area (Å²) in [6.45, 7) is -0.601. The van der Waals surface area contributed by atoms with Crippen LogP contribution in [0, 0.1) is 0 Å². The number of hydrogen-bond donors (Lipinski definition) is 3. The van der Waals surface area contributed by atoms with Crippen LogP contribution < -0.4 is 15.8 Å². The fraction of sp³-hybridized carbons (Fsp3) is 0.190. The van der Waals surface area contributed by atoms with Crippen LogP contribution in [0.25, 0.3) is 10.9 Å². The Labute approximate surface area is 177 Å². The number of benzene rings is 2. The SMILES string of the molecule is COc1ccc(CC(=O)NCC(=O)N=Nc2c(O)n(CC(N)=O)c3ccccc23)cc1. The van der Waals surface area contributed by atoms with E-state index in [1.165, 1.54) is 4.57 Å². The summed E-state index contributed by atoms with van der Waals surface area (Å²) in [5.41, 5.74) is 6.55. The van der Waals surface area contributed by atoms with Gasteiger partial charge in [0.1, 0.15) is 18.8 Å². The molecular formula is C21H21N5O5. The molecule has 160 valence electrons. The van der Waals surface area contributed by atoms with Crippen molar-refractivity contribution in [3.05, 3.63) is 54.1 Å². The number of nitrogens with two attached hydrogens (primary N) is 1. The predicted octanol–water partition coefficient (Wildman–Crippen LogP) is 1.81. The monoisotopic (exact) mass is 423 g/mol. The van der Waals surface area contributed by atoms with Crippen LogP contribution in [0.2, 0.25) is 0 Å². The first kappa shape index (κ1) is 21.5. The number of azo groups is 1. The van der Waals surface area contributed by atoms with Gasteiger partial charge >= 0.3 is 0 Å². The van der Waals surface area contributed by atoms with Gasteiger partial charge in [0, 0.05) is 5.39 Å². The molecular weight excluding hydrogens is 402 g/mol. The zero-order chi connectivity index (χ0) is 22.4. The molecule has 0 spiro atoms. The molecule has 4 N–H and O–H groups in total. The molecule has 10 heteroatoms. The summed E-state index contributed by atoms with van der Waals surface area (Å²) in [6.07, 6.45) is 0.0931. The van der Waals surface area contributed by atoms with Gasteiger partial charge in [-0.15, -0.1) is 10.2 Å². The first-order valence-electron chi connectivity index (χ1n) is 9.31. The number of nitrogens with one attached hydrogen (secondary N) is 1. The van der Waals surface area contributed by atoms with Gasteiger partial charge in [0.15, 0.2) is 5.69 Å². The molecule has 0 fully saturated rings. The number of aromatic hydroxyl groups is 1. The number of carbonyl (C=O) groups excluding carboxylic acids is 3. The highest BCUT2D eigenvalue weighted by Crippen LogP contribution is 2.38. The third kappa shape index (κ3) is 5.24. The van der Waals surface area contributed by atoms with Crippen LogP contribution in [0.4, 0.5) is 5.69 Å². The fourth-order valence-corrected chi connectivity index (χ4v) is 2.99. The lowest BCUT2D eigenvalue weighted by molar-refractivity contribution is -0.124. The second-order valence-corrected chi connectivity index (χ2v) is 6.64. The van der Waals surface area contributed by atoms with Crippen molar-refractivity contribution in [2.24, 2.45) is 16.0 Å². The quantitative estimate of drug-likeness (QED) is 0.473. The summed E-state index contributed by atoms with van der Waals surface area (Å²) in [5.74, 6) is -1.35. The summed E-state index contributed by atoms with van der Waals surface area (Å²) in [4.78, 5) is 35.3. The number of hydrogen-bond acceptors (Lipinski definition) is 6. The number of nitrogens with zero attached hydrogens (tertiary/aromatic N) is 3. The molecule has 0 saturated heterocycles. The van der Waals surface area contributed by atoms with Crippen LogP contribution in [0.5, 0.6) is 11.6 Å². The van der Waals surface area contributed by atoms with Gasteiger partial charge < -0.3 is 25.5 Å². The van der Waals surface area contributed by atoms with E-state index in [-0.39, 0.29) is 37.0 Å². The minimum atomic E-state index is -0.700. The number of methoxy groups -OCH3 is 1. The van der Waals surface area contributed by atoms with Crippen molar-refractivity contribution in [1.82, 2.24) is 9.88 Å². The van der Waals surface area contributed by atoms with E-state index in [4.69, 9.17) is 10.5 Å². The van der Waals surface area contributed by atoms with Gasteiger partial charge in [-0.2, -0.15) is 0 Å². The molecule has 3 amide bonds. The molecule has 1 aromatic heterocycles. The summed E-state index contributed by atoms with van der Waals surface area (Å²) in [5, 5.41) is 20.8. The van der Waals surface area contributed by atoms with Crippen molar-refractivity contribution >= 4 is 34.3 Å². The Morgan fingerprint density at radius 3 is 2.52 bits per heavy atom. The maximum atomic E-state index is 12.0. The minimum absolute atomic E-state index is 0.0368. The van der Waals surface area contributed by atoms with Gasteiger partial charge in [0.2, 0.25) is 17.7 Å². The summed E-state index contributed by atoms with van der Waals surface area (Å²) in [7, 11) is 1.55. The lowest BCUT2D eigenvalue weighted by Gasteiger charge is -2.04. The van der Waals surface area contributed by atoms with Gasteiger partial charge in [-0.3, -0.25) is 14.4 Å². The second kappa shape index (κ2) is 9.53. The van der Waals surface area contributed by atoms with Gasteiger partial charge in [-0.1, -0.05) is 30.3 Å². The predicted molar refractivity (Wildman–Crippen MR) is 112 cm³/mol. The largest absolute Gasteiger partial charge is 0.497 e. The summed E-state index contributed by atoms with van der Waals surface area (Å²) < 4.78 is 6.35. The standard InChI is InChI=1S/C21H21N5O5/c1-31-14-8-6-13(7-9-14)10-18(28)23-11-19(29)24-25-20-15-4-2-3-5-16(15)26(21(20)30)12-17(22)27/h2-9,30H,10-12H2,1H3,(H2,22,27)(H,23,28). The van der Waals surface area contributed by atoms with Crippen molar-refractivity contribution in [3.8, 4) is 11.6 Å². The molecule has 10 nitrogen and oxygen atoms in total. The Kier molecular flexibility index (Phi) is 6.61. The molecule has 0 unspecified atom stereocenters. The molecule has 0 atom stereocenters. The van der Waals surface area contributed by atoms with Crippen molar-refractivity contribution in [2.75, 3.05) is 13.7 Å². The van der Waals surface area contributed by atoms with Gasteiger partial charge in [-0.05, 0) is 23.8 Å². The molecule has 0 saturated carbocycles. The molecule has 3 aromatic rings. The van der Waals surface area contributed by atoms with Crippen LogP contribution in [0.3, 0.4) is 0 Å². The smallest absolute Gasteiger partial charge is 0.283 e. The average Bonchev–Trinajstić information content (AvgIpc) is 3.02. The number of primary amides is 1. The van der Waals surface area contributed by atoms with E-state index in [2.05, 4.69) is 15.5 Å². The van der Waals surface area contributed by atoms with E-state index in [1.807, 2.05) is 0 Å². The maximum Gasteiger partial charge on any atom is 0.283 e. The van der Waals surface area contributed by atoms with Gasteiger partial charge in [-0.25, -0.2) is 0 Å². The lowest BCUT2D eigenvalue weighted by atomic mass is 10.1. The average molecular weight is 423 g/mol. The van der Waals surface area contributed by atoms with E-state index in [0.29, 0.717) is 16.7 Å². The Morgan fingerprint density at radius 1 is 1.13 bits per heavy atom. The van der Waals surface area contributed by atoms with Crippen LogP contribution >= 0.6 is 0 Å². The first-order valence-corrected chi connectivity index (χ1v) is 9.31. The molecule has 0 radical (unpaired) electrons. The van der Waals surface area contributed by atoms with E-state index >= 15 is 0 Å². The number of ether oxygens (including phenoxy) is 1.